The molecule has 1 aromatic carbocycles. The van der Waals surface area contributed by atoms with E-state index in [1.165, 1.54) is 6.07 Å². The van der Waals surface area contributed by atoms with Gasteiger partial charge in [-0.05, 0) is 30.5 Å². The van der Waals surface area contributed by atoms with Gasteiger partial charge in [0.2, 0.25) is 0 Å². The van der Waals surface area contributed by atoms with Gasteiger partial charge in [-0.3, -0.25) is 0 Å². The summed E-state index contributed by atoms with van der Waals surface area (Å²) in [4.78, 5) is 2.06. The largest absolute Gasteiger partial charge is 0.383 e. The second kappa shape index (κ2) is 8.12. The summed E-state index contributed by atoms with van der Waals surface area (Å²) in [5.74, 6) is 0.282. The Morgan fingerprint density at radius 2 is 2.11 bits per heavy atom. The van der Waals surface area contributed by atoms with Crippen molar-refractivity contribution in [2.45, 2.75) is 20.3 Å². The van der Waals surface area contributed by atoms with Crippen LogP contribution in [-0.4, -0.2) is 33.4 Å². The Morgan fingerprint density at radius 3 is 2.68 bits per heavy atom. The van der Waals surface area contributed by atoms with Gasteiger partial charge in [0.1, 0.15) is 5.82 Å². The van der Waals surface area contributed by atoms with Gasteiger partial charge in [-0.15, -0.1) is 0 Å². The molecule has 0 aliphatic rings. The molecule has 0 heterocycles. The minimum absolute atomic E-state index is 0.178. The first-order valence-electron chi connectivity index (χ1n) is 6.81. The SMILES string of the molecule is COCCN(CC(C)C)c1c(F)cccc1CCN. The number of para-hydroxylation sites is 1. The molecule has 0 aromatic heterocycles. The zero-order valence-electron chi connectivity index (χ0n) is 12.2. The van der Waals surface area contributed by atoms with Crippen LogP contribution >= 0.6 is 0 Å². The van der Waals surface area contributed by atoms with Crippen molar-refractivity contribution in [1.29, 1.82) is 0 Å². The van der Waals surface area contributed by atoms with Crippen LogP contribution in [0.4, 0.5) is 10.1 Å². The van der Waals surface area contributed by atoms with Crippen molar-refractivity contribution in [3.05, 3.63) is 29.6 Å². The summed E-state index contributed by atoms with van der Waals surface area (Å²) < 4.78 is 19.3. The fourth-order valence-corrected chi connectivity index (χ4v) is 2.21. The third-order valence-corrected chi connectivity index (χ3v) is 2.95. The number of nitrogens with two attached hydrogens (primary N) is 1. The van der Waals surface area contributed by atoms with Crippen molar-refractivity contribution >= 4 is 5.69 Å². The van der Waals surface area contributed by atoms with Gasteiger partial charge in [-0.1, -0.05) is 26.0 Å². The molecule has 1 rings (SSSR count). The fraction of sp³-hybridized carbons (Fsp3) is 0.600. The summed E-state index contributed by atoms with van der Waals surface area (Å²) in [6, 6.07) is 5.20. The van der Waals surface area contributed by atoms with Crippen LogP contribution in [0.3, 0.4) is 0 Å². The molecule has 4 heteroatoms. The number of hydrogen-bond acceptors (Lipinski definition) is 3. The van der Waals surface area contributed by atoms with Gasteiger partial charge < -0.3 is 15.4 Å². The number of anilines is 1. The summed E-state index contributed by atoms with van der Waals surface area (Å²) in [6.45, 7) is 6.86. The van der Waals surface area contributed by atoms with Gasteiger partial charge in [0, 0.05) is 20.2 Å². The first kappa shape index (κ1) is 15.9. The van der Waals surface area contributed by atoms with Gasteiger partial charge in [0.05, 0.1) is 12.3 Å². The van der Waals surface area contributed by atoms with Crippen molar-refractivity contribution in [3.8, 4) is 0 Å². The number of nitrogens with zero attached hydrogens (tertiary/aromatic N) is 1. The summed E-state index contributed by atoms with van der Waals surface area (Å²) in [5.41, 5.74) is 7.27. The molecule has 0 aliphatic carbocycles. The maximum atomic E-state index is 14.2. The molecule has 19 heavy (non-hydrogen) atoms. The van der Waals surface area contributed by atoms with Crippen LogP contribution in [-0.2, 0) is 11.2 Å². The maximum absolute atomic E-state index is 14.2. The van der Waals surface area contributed by atoms with Crippen molar-refractivity contribution in [3.63, 3.8) is 0 Å². The highest BCUT2D eigenvalue weighted by Gasteiger charge is 2.16. The van der Waals surface area contributed by atoms with E-state index in [2.05, 4.69) is 18.7 Å². The number of methoxy groups -OCH3 is 1. The Balaban J connectivity index is 3.04. The van der Waals surface area contributed by atoms with Crippen LogP contribution in [0.5, 0.6) is 0 Å². The molecule has 0 atom stereocenters. The van der Waals surface area contributed by atoms with E-state index in [1.54, 1.807) is 13.2 Å². The minimum Gasteiger partial charge on any atom is -0.383 e. The topological polar surface area (TPSA) is 38.5 Å². The highest BCUT2D eigenvalue weighted by Crippen LogP contribution is 2.25. The second-order valence-corrected chi connectivity index (χ2v) is 5.12. The lowest BCUT2D eigenvalue weighted by molar-refractivity contribution is 0.204. The molecule has 3 nitrogen and oxygen atoms in total. The molecular weight excluding hydrogens is 243 g/mol. The third kappa shape index (κ3) is 4.80. The molecule has 0 aliphatic heterocycles. The number of benzene rings is 1. The Kier molecular flexibility index (Phi) is 6.81. The molecule has 0 fully saturated rings. The first-order chi connectivity index (χ1) is 9.10. The lowest BCUT2D eigenvalue weighted by Crippen LogP contribution is -2.32. The summed E-state index contributed by atoms with van der Waals surface area (Å²) in [7, 11) is 1.66. The van der Waals surface area contributed by atoms with Gasteiger partial charge >= 0.3 is 0 Å². The number of rotatable bonds is 8. The maximum Gasteiger partial charge on any atom is 0.146 e. The van der Waals surface area contributed by atoms with Crippen LogP contribution in [0.25, 0.3) is 0 Å². The monoisotopic (exact) mass is 268 g/mol. The van der Waals surface area contributed by atoms with Gasteiger partial charge in [-0.25, -0.2) is 4.39 Å². The minimum atomic E-state index is -0.178. The fourth-order valence-electron chi connectivity index (χ4n) is 2.21. The van der Waals surface area contributed by atoms with Crippen LogP contribution < -0.4 is 10.6 Å². The molecule has 0 bridgehead atoms. The lowest BCUT2D eigenvalue weighted by Gasteiger charge is -2.29. The summed E-state index contributed by atoms with van der Waals surface area (Å²) in [6.07, 6.45) is 0.689. The Hall–Kier alpha value is -1.13. The predicted molar refractivity (Wildman–Crippen MR) is 78.1 cm³/mol. The number of ether oxygens (including phenoxy) is 1. The van der Waals surface area contributed by atoms with Crippen LogP contribution in [0.15, 0.2) is 18.2 Å². The normalized spacial score (nSPS) is 11.1. The molecular formula is C15H25FN2O. The second-order valence-electron chi connectivity index (χ2n) is 5.12. The van der Waals surface area contributed by atoms with Crippen LogP contribution in [0.2, 0.25) is 0 Å². The lowest BCUT2D eigenvalue weighted by atomic mass is 10.1. The van der Waals surface area contributed by atoms with Crippen molar-refractivity contribution < 1.29 is 9.13 Å². The van der Waals surface area contributed by atoms with E-state index in [0.717, 1.165) is 12.1 Å². The number of halogens is 1. The number of hydrogen-bond donors (Lipinski definition) is 1. The van der Waals surface area contributed by atoms with Crippen LogP contribution in [0.1, 0.15) is 19.4 Å². The molecule has 0 unspecified atom stereocenters. The predicted octanol–water partition coefficient (Wildman–Crippen LogP) is 2.44. The third-order valence-electron chi connectivity index (χ3n) is 2.95. The van der Waals surface area contributed by atoms with Gasteiger partial charge in [0.25, 0.3) is 0 Å². The molecule has 0 spiro atoms. The molecule has 0 radical (unpaired) electrons. The Labute approximate surface area is 115 Å². The van der Waals surface area contributed by atoms with E-state index in [4.69, 9.17) is 10.5 Å². The summed E-state index contributed by atoms with van der Waals surface area (Å²) >= 11 is 0. The van der Waals surface area contributed by atoms with E-state index in [9.17, 15) is 4.39 Å². The van der Waals surface area contributed by atoms with Crippen LogP contribution in [0, 0.1) is 11.7 Å². The Bertz CT molecular complexity index is 382. The first-order valence-corrected chi connectivity index (χ1v) is 6.81. The van der Waals surface area contributed by atoms with Gasteiger partial charge in [0.15, 0.2) is 0 Å². The standard InChI is InChI=1S/C15H25FN2O/c1-12(2)11-18(9-10-19-3)15-13(7-8-17)5-4-6-14(15)16/h4-6,12H,7-11,17H2,1-3H3. The highest BCUT2D eigenvalue weighted by molar-refractivity contribution is 5.55. The van der Waals surface area contributed by atoms with E-state index < -0.39 is 0 Å². The van der Waals surface area contributed by atoms with Crippen molar-refractivity contribution in [2.75, 3.05) is 38.3 Å². The van der Waals surface area contributed by atoms with Gasteiger partial charge in [-0.2, -0.15) is 0 Å². The van der Waals surface area contributed by atoms with Crippen molar-refractivity contribution in [2.24, 2.45) is 11.7 Å². The quantitative estimate of drug-likeness (QED) is 0.787. The van der Waals surface area contributed by atoms with E-state index in [-0.39, 0.29) is 5.82 Å². The highest BCUT2D eigenvalue weighted by atomic mass is 19.1. The average Bonchev–Trinajstić information content (AvgIpc) is 2.35. The molecule has 108 valence electrons. The smallest absolute Gasteiger partial charge is 0.146 e. The molecule has 0 saturated heterocycles. The molecule has 2 N–H and O–H groups in total. The van der Waals surface area contributed by atoms with E-state index >= 15 is 0 Å². The molecule has 1 aromatic rings. The van der Waals surface area contributed by atoms with E-state index in [0.29, 0.717) is 37.7 Å². The Morgan fingerprint density at radius 1 is 1.37 bits per heavy atom. The molecule has 0 amide bonds. The zero-order valence-corrected chi connectivity index (χ0v) is 12.2. The molecule has 0 saturated carbocycles. The average molecular weight is 268 g/mol. The van der Waals surface area contributed by atoms with Crippen molar-refractivity contribution in [1.82, 2.24) is 0 Å². The summed E-state index contributed by atoms with van der Waals surface area (Å²) in [5, 5.41) is 0. The van der Waals surface area contributed by atoms with E-state index in [1.807, 2.05) is 6.07 Å². The zero-order chi connectivity index (χ0) is 14.3.